The summed E-state index contributed by atoms with van der Waals surface area (Å²) in [5.41, 5.74) is 0.453. The standard InChI is InChI=1S/C18H27FN2O3/c1-13(14-5-7-20-8-6-14)11-18(22)21-15-3-4-17(16(19)12-15)24-10-9-23-2/h3-4,12-14,20H,5-11H2,1-2H3,(H,21,22). The van der Waals surface area contributed by atoms with Crippen molar-refractivity contribution in [3.05, 3.63) is 24.0 Å². The van der Waals surface area contributed by atoms with E-state index in [0.29, 0.717) is 30.6 Å². The maximum atomic E-state index is 14.0. The Morgan fingerprint density at radius 2 is 2.12 bits per heavy atom. The van der Waals surface area contributed by atoms with E-state index in [1.807, 2.05) is 0 Å². The van der Waals surface area contributed by atoms with Gasteiger partial charge in [-0.3, -0.25) is 4.79 Å². The Labute approximate surface area is 142 Å². The molecule has 24 heavy (non-hydrogen) atoms. The van der Waals surface area contributed by atoms with Crippen molar-refractivity contribution < 1.29 is 18.7 Å². The van der Waals surface area contributed by atoms with E-state index < -0.39 is 5.82 Å². The van der Waals surface area contributed by atoms with Gasteiger partial charge in [0.2, 0.25) is 5.91 Å². The van der Waals surface area contributed by atoms with Crippen molar-refractivity contribution in [3.8, 4) is 5.75 Å². The Morgan fingerprint density at radius 1 is 1.38 bits per heavy atom. The first-order valence-corrected chi connectivity index (χ1v) is 8.52. The second kappa shape index (κ2) is 9.59. The number of benzene rings is 1. The Bertz CT molecular complexity index is 533. The molecule has 1 aliphatic heterocycles. The molecule has 1 heterocycles. The summed E-state index contributed by atoms with van der Waals surface area (Å²) < 4.78 is 24.1. The number of carbonyl (C=O) groups excluding carboxylic acids is 1. The average molecular weight is 338 g/mol. The van der Waals surface area contributed by atoms with Gasteiger partial charge >= 0.3 is 0 Å². The molecule has 2 rings (SSSR count). The van der Waals surface area contributed by atoms with E-state index in [1.54, 1.807) is 13.2 Å². The number of methoxy groups -OCH3 is 1. The Balaban J connectivity index is 1.83. The highest BCUT2D eigenvalue weighted by Crippen LogP contribution is 2.25. The number of hydrogen-bond acceptors (Lipinski definition) is 4. The van der Waals surface area contributed by atoms with Crippen molar-refractivity contribution in [2.45, 2.75) is 26.2 Å². The largest absolute Gasteiger partial charge is 0.488 e. The highest BCUT2D eigenvalue weighted by Gasteiger charge is 2.22. The minimum atomic E-state index is -0.490. The monoisotopic (exact) mass is 338 g/mol. The third kappa shape index (κ3) is 5.76. The summed E-state index contributed by atoms with van der Waals surface area (Å²) in [4.78, 5) is 12.2. The highest BCUT2D eigenvalue weighted by atomic mass is 19.1. The molecule has 0 aliphatic carbocycles. The number of nitrogens with one attached hydrogen (secondary N) is 2. The van der Waals surface area contributed by atoms with E-state index in [0.717, 1.165) is 25.9 Å². The summed E-state index contributed by atoms with van der Waals surface area (Å²) in [6, 6.07) is 4.46. The van der Waals surface area contributed by atoms with Crippen LogP contribution in [0.5, 0.6) is 5.75 Å². The molecule has 0 bridgehead atoms. The third-order valence-corrected chi connectivity index (χ3v) is 4.46. The number of ether oxygens (including phenoxy) is 2. The van der Waals surface area contributed by atoms with Gasteiger partial charge < -0.3 is 20.1 Å². The predicted octanol–water partition coefficient (Wildman–Crippen LogP) is 2.82. The third-order valence-electron chi connectivity index (χ3n) is 4.46. The normalized spacial score (nSPS) is 16.6. The summed E-state index contributed by atoms with van der Waals surface area (Å²) in [5.74, 6) is 0.496. The number of hydrogen-bond donors (Lipinski definition) is 2. The first-order chi connectivity index (χ1) is 11.6. The van der Waals surface area contributed by atoms with Crippen LogP contribution in [0, 0.1) is 17.7 Å². The summed E-state index contributed by atoms with van der Waals surface area (Å²) in [5, 5.41) is 6.10. The fourth-order valence-corrected chi connectivity index (χ4v) is 3.02. The van der Waals surface area contributed by atoms with Crippen molar-refractivity contribution in [2.24, 2.45) is 11.8 Å². The summed E-state index contributed by atoms with van der Waals surface area (Å²) >= 11 is 0. The van der Waals surface area contributed by atoms with Crippen molar-refractivity contribution in [1.29, 1.82) is 0 Å². The van der Waals surface area contributed by atoms with E-state index in [2.05, 4.69) is 17.6 Å². The Hall–Kier alpha value is -1.66. The number of anilines is 1. The lowest BCUT2D eigenvalue weighted by Gasteiger charge is -2.27. The zero-order valence-corrected chi connectivity index (χ0v) is 14.4. The van der Waals surface area contributed by atoms with Crippen LogP contribution in [0.15, 0.2) is 18.2 Å². The van der Waals surface area contributed by atoms with Crippen molar-refractivity contribution in [2.75, 3.05) is 38.7 Å². The van der Waals surface area contributed by atoms with Gasteiger partial charge in [-0.05, 0) is 49.9 Å². The molecule has 0 saturated carbocycles. The zero-order chi connectivity index (χ0) is 17.4. The molecule has 1 saturated heterocycles. The SMILES string of the molecule is COCCOc1ccc(NC(=O)CC(C)C2CCNCC2)cc1F. The smallest absolute Gasteiger partial charge is 0.224 e. The second-order valence-electron chi connectivity index (χ2n) is 6.30. The summed E-state index contributed by atoms with van der Waals surface area (Å²) in [7, 11) is 1.56. The van der Waals surface area contributed by atoms with Crippen molar-refractivity contribution in [1.82, 2.24) is 5.32 Å². The van der Waals surface area contributed by atoms with Gasteiger partial charge in [0.1, 0.15) is 6.61 Å². The Kier molecular flexibility index (Phi) is 7.46. The number of carbonyl (C=O) groups is 1. The summed E-state index contributed by atoms with van der Waals surface area (Å²) in [6.07, 6.45) is 2.67. The van der Waals surface area contributed by atoms with Crippen LogP contribution in [0.3, 0.4) is 0 Å². The van der Waals surface area contributed by atoms with Crippen LogP contribution in [-0.2, 0) is 9.53 Å². The highest BCUT2D eigenvalue weighted by molar-refractivity contribution is 5.90. The van der Waals surface area contributed by atoms with Crippen LogP contribution in [0.2, 0.25) is 0 Å². The topological polar surface area (TPSA) is 59.6 Å². The molecule has 1 aliphatic rings. The van der Waals surface area contributed by atoms with Crippen LogP contribution in [0.1, 0.15) is 26.2 Å². The molecule has 134 valence electrons. The molecule has 1 fully saturated rings. The molecule has 1 amide bonds. The minimum Gasteiger partial charge on any atom is -0.488 e. The van der Waals surface area contributed by atoms with Gasteiger partial charge in [-0.2, -0.15) is 0 Å². The average Bonchev–Trinajstić information content (AvgIpc) is 2.57. The lowest BCUT2D eigenvalue weighted by atomic mass is 9.84. The molecule has 1 aromatic carbocycles. The molecule has 0 aromatic heterocycles. The van der Waals surface area contributed by atoms with Gasteiger partial charge in [-0.1, -0.05) is 6.92 Å². The molecule has 1 aromatic rings. The van der Waals surface area contributed by atoms with Gasteiger partial charge in [0, 0.05) is 25.3 Å². The van der Waals surface area contributed by atoms with E-state index >= 15 is 0 Å². The molecule has 2 N–H and O–H groups in total. The maximum absolute atomic E-state index is 14.0. The van der Waals surface area contributed by atoms with Crippen molar-refractivity contribution in [3.63, 3.8) is 0 Å². The summed E-state index contributed by atoms with van der Waals surface area (Å²) in [6.45, 7) is 4.83. The Morgan fingerprint density at radius 3 is 2.79 bits per heavy atom. The van der Waals surface area contributed by atoms with E-state index in [-0.39, 0.29) is 18.3 Å². The zero-order valence-electron chi connectivity index (χ0n) is 14.4. The fourth-order valence-electron chi connectivity index (χ4n) is 3.02. The molecule has 1 unspecified atom stereocenters. The lowest BCUT2D eigenvalue weighted by molar-refractivity contribution is -0.117. The van der Waals surface area contributed by atoms with Gasteiger partial charge in [0.25, 0.3) is 0 Å². The van der Waals surface area contributed by atoms with E-state index in [1.165, 1.54) is 12.1 Å². The number of halogens is 1. The molecule has 6 heteroatoms. The van der Waals surface area contributed by atoms with E-state index in [4.69, 9.17) is 9.47 Å². The van der Waals surface area contributed by atoms with Crippen LogP contribution in [0.4, 0.5) is 10.1 Å². The van der Waals surface area contributed by atoms with Gasteiger partial charge in [-0.25, -0.2) is 4.39 Å². The van der Waals surface area contributed by atoms with Gasteiger partial charge in [0.05, 0.1) is 6.61 Å². The minimum absolute atomic E-state index is 0.0755. The quantitative estimate of drug-likeness (QED) is 0.716. The number of amides is 1. The van der Waals surface area contributed by atoms with Crippen LogP contribution < -0.4 is 15.4 Å². The van der Waals surface area contributed by atoms with E-state index in [9.17, 15) is 9.18 Å². The van der Waals surface area contributed by atoms with Crippen LogP contribution in [-0.4, -0.2) is 39.3 Å². The lowest BCUT2D eigenvalue weighted by Crippen LogP contribution is -2.32. The second-order valence-corrected chi connectivity index (χ2v) is 6.30. The number of piperidine rings is 1. The predicted molar refractivity (Wildman–Crippen MR) is 91.8 cm³/mol. The molecule has 0 radical (unpaired) electrons. The molecular weight excluding hydrogens is 311 g/mol. The molecule has 0 spiro atoms. The first kappa shape index (κ1) is 18.7. The van der Waals surface area contributed by atoms with Crippen LogP contribution in [0.25, 0.3) is 0 Å². The van der Waals surface area contributed by atoms with Crippen LogP contribution >= 0.6 is 0 Å². The molecule has 1 atom stereocenters. The molecular formula is C18H27FN2O3. The van der Waals surface area contributed by atoms with Crippen molar-refractivity contribution >= 4 is 11.6 Å². The number of rotatable bonds is 8. The maximum Gasteiger partial charge on any atom is 0.224 e. The molecule has 5 nitrogen and oxygen atoms in total. The fraction of sp³-hybridized carbons (Fsp3) is 0.611. The first-order valence-electron chi connectivity index (χ1n) is 8.52. The van der Waals surface area contributed by atoms with Gasteiger partial charge in [0.15, 0.2) is 11.6 Å². The van der Waals surface area contributed by atoms with Gasteiger partial charge in [-0.15, -0.1) is 0 Å².